The Hall–Kier alpha value is -3.43. The van der Waals surface area contributed by atoms with Gasteiger partial charge in [0.15, 0.2) is 5.82 Å². The largest absolute Gasteiger partial charge is 0.507 e. The first-order chi connectivity index (χ1) is 12.1. The second kappa shape index (κ2) is 6.99. The quantitative estimate of drug-likeness (QED) is 0.678. The number of nitrogens with zero attached hydrogens (tertiary/aromatic N) is 3. The second-order valence-corrected chi connectivity index (χ2v) is 5.52. The van der Waals surface area contributed by atoms with Gasteiger partial charge in [-0.1, -0.05) is 30.3 Å². The van der Waals surface area contributed by atoms with Crippen molar-refractivity contribution in [1.82, 2.24) is 15.3 Å². The van der Waals surface area contributed by atoms with E-state index in [4.69, 9.17) is 5.73 Å². The summed E-state index contributed by atoms with van der Waals surface area (Å²) in [5.41, 5.74) is 8.96. The molecule has 0 saturated heterocycles. The maximum atomic E-state index is 10.1. The van der Waals surface area contributed by atoms with Crippen LogP contribution >= 0.6 is 0 Å². The molecule has 25 heavy (non-hydrogen) atoms. The predicted molar refractivity (Wildman–Crippen MR) is 96.5 cm³/mol. The van der Waals surface area contributed by atoms with Gasteiger partial charge in [-0.15, -0.1) is 0 Å². The van der Waals surface area contributed by atoms with E-state index in [2.05, 4.69) is 21.4 Å². The van der Waals surface area contributed by atoms with Crippen molar-refractivity contribution in [1.29, 1.82) is 5.26 Å². The fourth-order valence-electron chi connectivity index (χ4n) is 2.61. The van der Waals surface area contributed by atoms with Crippen molar-refractivity contribution in [2.24, 2.45) is 0 Å². The van der Waals surface area contributed by atoms with Crippen LogP contribution in [0.1, 0.15) is 11.1 Å². The molecule has 0 spiro atoms. The minimum atomic E-state index is 0.0569. The van der Waals surface area contributed by atoms with Gasteiger partial charge in [-0.05, 0) is 30.8 Å². The molecule has 3 rings (SSSR count). The molecule has 6 nitrogen and oxygen atoms in total. The Balaban J connectivity index is 2.21. The van der Waals surface area contributed by atoms with Gasteiger partial charge < -0.3 is 16.2 Å². The molecule has 2 aromatic carbocycles. The van der Waals surface area contributed by atoms with E-state index in [9.17, 15) is 10.4 Å². The van der Waals surface area contributed by atoms with Crippen LogP contribution in [0.15, 0.2) is 48.5 Å². The molecule has 0 unspecified atom stereocenters. The van der Waals surface area contributed by atoms with Gasteiger partial charge in [0.2, 0.25) is 0 Å². The summed E-state index contributed by atoms with van der Waals surface area (Å²) in [5.74, 6) is 0.426. The Kier molecular flexibility index (Phi) is 4.59. The summed E-state index contributed by atoms with van der Waals surface area (Å²) < 4.78 is 0. The Morgan fingerprint density at radius 3 is 2.68 bits per heavy atom. The summed E-state index contributed by atoms with van der Waals surface area (Å²) in [7, 11) is 1.87. The maximum Gasteiger partial charge on any atom is 0.165 e. The monoisotopic (exact) mass is 331 g/mol. The molecular formula is C19H17N5O. The van der Waals surface area contributed by atoms with Crippen LogP contribution in [-0.4, -0.2) is 22.1 Å². The minimum absolute atomic E-state index is 0.0569. The molecule has 1 heterocycles. The Labute approximate surface area is 145 Å². The number of anilines is 1. The number of nitriles is 1. The highest BCUT2D eigenvalue weighted by Crippen LogP contribution is 2.31. The lowest BCUT2D eigenvalue weighted by Gasteiger charge is -2.11. The molecule has 6 heteroatoms. The number of para-hydroxylation sites is 1. The summed E-state index contributed by atoms with van der Waals surface area (Å²) in [6.45, 7) is 0.697. The van der Waals surface area contributed by atoms with E-state index < -0.39 is 0 Å². The number of phenolic OH excluding ortho intramolecular Hbond substituents is 1. The summed E-state index contributed by atoms with van der Waals surface area (Å²) >= 11 is 0. The highest BCUT2D eigenvalue weighted by molar-refractivity contribution is 5.76. The van der Waals surface area contributed by atoms with Crippen molar-refractivity contribution in [2.45, 2.75) is 6.54 Å². The molecule has 0 atom stereocenters. The molecule has 0 bridgehead atoms. The van der Waals surface area contributed by atoms with E-state index in [0.717, 1.165) is 11.1 Å². The minimum Gasteiger partial charge on any atom is -0.507 e. The molecule has 0 amide bonds. The molecule has 0 radical (unpaired) electrons. The summed E-state index contributed by atoms with van der Waals surface area (Å²) in [4.78, 5) is 8.70. The average Bonchev–Trinajstić information content (AvgIpc) is 2.62. The van der Waals surface area contributed by atoms with Gasteiger partial charge in [0.1, 0.15) is 23.2 Å². The molecule has 4 N–H and O–H groups in total. The molecule has 0 fully saturated rings. The van der Waals surface area contributed by atoms with Gasteiger partial charge >= 0.3 is 0 Å². The van der Waals surface area contributed by atoms with E-state index in [1.54, 1.807) is 24.3 Å². The fraction of sp³-hybridized carbons (Fsp3) is 0.105. The Morgan fingerprint density at radius 2 is 1.96 bits per heavy atom. The van der Waals surface area contributed by atoms with Gasteiger partial charge in [0.05, 0.1) is 11.3 Å². The third-order valence-electron chi connectivity index (χ3n) is 3.78. The van der Waals surface area contributed by atoms with Crippen molar-refractivity contribution in [3.05, 3.63) is 59.7 Å². The lowest BCUT2D eigenvalue weighted by Crippen LogP contribution is -2.06. The van der Waals surface area contributed by atoms with E-state index in [-0.39, 0.29) is 23.0 Å². The number of nitrogens with two attached hydrogens (primary N) is 1. The predicted octanol–water partition coefficient (Wildman–Crippen LogP) is 2.69. The third kappa shape index (κ3) is 3.27. The van der Waals surface area contributed by atoms with E-state index in [1.807, 2.05) is 31.3 Å². The van der Waals surface area contributed by atoms with Gasteiger partial charge in [-0.3, -0.25) is 0 Å². The number of nitrogens with one attached hydrogen (secondary N) is 1. The first kappa shape index (κ1) is 16.4. The zero-order valence-electron chi connectivity index (χ0n) is 13.7. The lowest BCUT2D eigenvalue weighted by atomic mass is 10.0. The van der Waals surface area contributed by atoms with Crippen LogP contribution in [0.5, 0.6) is 5.75 Å². The number of rotatable bonds is 4. The highest BCUT2D eigenvalue weighted by Gasteiger charge is 2.17. The number of hydrogen-bond donors (Lipinski definition) is 3. The number of aromatic nitrogens is 2. The van der Waals surface area contributed by atoms with Crippen LogP contribution in [0.25, 0.3) is 22.6 Å². The average molecular weight is 331 g/mol. The first-order valence-corrected chi connectivity index (χ1v) is 7.74. The maximum absolute atomic E-state index is 10.1. The lowest BCUT2D eigenvalue weighted by molar-refractivity contribution is 0.477. The van der Waals surface area contributed by atoms with Crippen LogP contribution in [-0.2, 0) is 6.54 Å². The number of phenols is 1. The van der Waals surface area contributed by atoms with Gasteiger partial charge in [0, 0.05) is 12.1 Å². The molecule has 3 aromatic rings. The molecular weight excluding hydrogens is 314 g/mol. The molecule has 124 valence electrons. The van der Waals surface area contributed by atoms with Crippen LogP contribution in [0.2, 0.25) is 0 Å². The van der Waals surface area contributed by atoms with Gasteiger partial charge in [-0.25, -0.2) is 9.97 Å². The van der Waals surface area contributed by atoms with Crippen molar-refractivity contribution < 1.29 is 5.11 Å². The number of nitrogen functional groups attached to an aromatic ring is 1. The molecule has 0 aliphatic rings. The second-order valence-electron chi connectivity index (χ2n) is 5.52. The van der Waals surface area contributed by atoms with Crippen molar-refractivity contribution in [2.75, 3.05) is 12.8 Å². The summed E-state index contributed by atoms with van der Waals surface area (Å²) in [6.07, 6.45) is 0. The normalized spacial score (nSPS) is 10.4. The zero-order chi connectivity index (χ0) is 17.8. The number of aromatic hydroxyl groups is 1. The molecule has 0 saturated carbocycles. The topological polar surface area (TPSA) is 108 Å². The van der Waals surface area contributed by atoms with E-state index >= 15 is 0 Å². The van der Waals surface area contributed by atoms with Crippen LogP contribution in [0.4, 0.5) is 5.82 Å². The molecule has 0 aliphatic carbocycles. The van der Waals surface area contributed by atoms with E-state index in [1.165, 1.54) is 0 Å². The van der Waals surface area contributed by atoms with Gasteiger partial charge in [0.25, 0.3) is 0 Å². The molecule has 0 aliphatic heterocycles. The zero-order valence-corrected chi connectivity index (χ0v) is 13.7. The fourth-order valence-corrected chi connectivity index (χ4v) is 2.61. The summed E-state index contributed by atoms with van der Waals surface area (Å²) in [5, 5.41) is 22.6. The third-order valence-corrected chi connectivity index (χ3v) is 3.78. The molecule has 1 aromatic heterocycles. The van der Waals surface area contributed by atoms with Crippen molar-refractivity contribution >= 4 is 5.82 Å². The SMILES string of the molecule is CNCc1cccc(-c2nc(-c3ccccc3O)nc(N)c2C#N)c1. The number of benzene rings is 2. The van der Waals surface area contributed by atoms with Gasteiger partial charge in [-0.2, -0.15) is 5.26 Å². The highest BCUT2D eigenvalue weighted by atomic mass is 16.3. The smallest absolute Gasteiger partial charge is 0.165 e. The van der Waals surface area contributed by atoms with E-state index in [0.29, 0.717) is 17.8 Å². The van der Waals surface area contributed by atoms with Crippen molar-refractivity contribution in [3.8, 4) is 34.5 Å². The Morgan fingerprint density at radius 1 is 1.16 bits per heavy atom. The first-order valence-electron chi connectivity index (χ1n) is 7.74. The van der Waals surface area contributed by atoms with Crippen LogP contribution < -0.4 is 11.1 Å². The van der Waals surface area contributed by atoms with Crippen LogP contribution in [0, 0.1) is 11.3 Å². The Bertz CT molecular complexity index is 962. The number of hydrogen-bond acceptors (Lipinski definition) is 6. The van der Waals surface area contributed by atoms with Crippen molar-refractivity contribution in [3.63, 3.8) is 0 Å². The van der Waals surface area contributed by atoms with Crippen LogP contribution in [0.3, 0.4) is 0 Å². The standard InChI is InChI=1S/C19H17N5O/c1-22-11-12-5-4-6-13(9-12)17-15(10-20)18(21)24-19(23-17)14-7-2-3-8-16(14)25/h2-9,22,25H,11H2,1H3,(H2,21,23,24). The summed E-state index contributed by atoms with van der Waals surface area (Å²) in [6, 6.07) is 16.5.